The maximum Gasteiger partial charge on any atom is 0.298 e. The number of hydrogen-bond acceptors (Lipinski definition) is 5. The molecule has 5 rings (SSSR count). The number of para-hydroxylation sites is 1. The van der Waals surface area contributed by atoms with Crippen molar-refractivity contribution in [3.8, 4) is 17.5 Å². The number of benzene rings is 3. The van der Waals surface area contributed by atoms with Gasteiger partial charge in [-0.05, 0) is 85.8 Å². The SMILES string of the molecule is Cc1cc(C=C2SC(=O)N(c3ccccc3)C2=O)c(C)n1-c1ccc(OCc2ccccc2C#N)cc1. The summed E-state index contributed by atoms with van der Waals surface area (Å²) in [5.74, 6) is 0.388. The lowest BCUT2D eigenvalue weighted by molar-refractivity contribution is -0.113. The Kier molecular flexibility index (Phi) is 6.67. The molecule has 4 aromatic rings. The van der Waals surface area contributed by atoms with E-state index in [2.05, 4.69) is 10.6 Å². The number of nitrogens with zero attached hydrogens (tertiary/aromatic N) is 3. The molecule has 1 aliphatic heterocycles. The maximum absolute atomic E-state index is 13.0. The lowest BCUT2D eigenvalue weighted by atomic mass is 10.1. The summed E-state index contributed by atoms with van der Waals surface area (Å²) in [6.07, 6.45) is 1.79. The number of nitriles is 1. The fourth-order valence-corrected chi connectivity index (χ4v) is 5.18. The smallest absolute Gasteiger partial charge is 0.298 e. The number of thioether (sulfide) groups is 1. The molecule has 0 N–H and O–H groups in total. The third-order valence-corrected chi connectivity index (χ3v) is 7.06. The van der Waals surface area contributed by atoms with Gasteiger partial charge in [0.05, 0.1) is 22.2 Å². The summed E-state index contributed by atoms with van der Waals surface area (Å²) in [6, 6.07) is 28.3. The van der Waals surface area contributed by atoms with Crippen LogP contribution in [0.1, 0.15) is 28.1 Å². The van der Waals surface area contributed by atoms with Gasteiger partial charge in [-0.1, -0.05) is 36.4 Å². The van der Waals surface area contributed by atoms with Gasteiger partial charge in [0.15, 0.2) is 0 Å². The number of hydrogen-bond donors (Lipinski definition) is 0. The summed E-state index contributed by atoms with van der Waals surface area (Å²) in [7, 11) is 0. The van der Waals surface area contributed by atoms with Crippen LogP contribution in [0, 0.1) is 25.2 Å². The number of aryl methyl sites for hydroxylation is 1. The fourth-order valence-electron chi connectivity index (χ4n) is 4.35. The van der Waals surface area contributed by atoms with E-state index in [1.54, 1.807) is 36.4 Å². The van der Waals surface area contributed by atoms with Crippen molar-refractivity contribution < 1.29 is 14.3 Å². The van der Waals surface area contributed by atoms with E-state index in [1.165, 1.54) is 4.90 Å². The molecule has 1 aliphatic rings. The Labute approximate surface area is 219 Å². The van der Waals surface area contributed by atoms with Gasteiger partial charge in [-0.3, -0.25) is 9.59 Å². The van der Waals surface area contributed by atoms with Crippen LogP contribution < -0.4 is 9.64 Å². The molecule has 1 aromatic heterocycles. The Morgan fingerprint density at radius 1 is 0.919 bits per heavy atom. The predicted molar refractivity (Wildman–Crippen MR) is 146 cm³/mol. The number of carbonyl (C=O) groups excluding carboxylic acids is 2. The molecule has 0 bridgehead atoms. The summed E-state index contributed by atoms with van der Waals surface area (Å²) >= 11 is 0.952. The van der Waals surface area contributed by atoms with Crippen molar-refractivity contribution in [2.45, 2.75) is 20.5 Å². The highest BCUT2D eigenvalue weighted by atomic mass is 32.2. The first-order valence-electron chi connectivity index (χ1n) is 11.7. The van der Waals surface area contributed by atoms with E-state index in [1.807, 2.05) is 68.4 Å². The molecule has 2 heterocycles. The van der Waals surface area contributed by atoms with Gasteiger partial charge in [0.25, 0.3) is 11.1 Å². The molecule has 37 heavy (non-hydrogen) atoms. The predicted octanol–water partition coefficient (Wildman–Crippen LogP) is 6.79. The molecule has 7 heteroatoms. The second kappa shape index (κ2) is 10.2. The quantitative estimate of drug-likeness (QED) is 0.270. The molecule has 182 valence electrons. The highest BCUT2D eigenvalue weighted by molar-refractivity contribution is 8.19. The minimum atomic E-state index is -0.314. The van der Waals surface area contributed by atoms with E-state index in [-0.39, 0.29) is 11.1 Å². The third kappa shape index (κ3) is 4.80. The van der Waals surface area contributed by atoms with Crippen molar-refractivity contribution >= 4 is 34.7 Å². The third-order valence-electron chi connectivity index (χ3n) is 6.19. The minimum absolute atomic E-state index is 0.302. The second-order valence-corrected chi connectivity index (χ2v) is 9.56. The van der Waals surface area contributed by atoms with Gasteiger partial charge < -0.3 is 9.30 Å². The fraction of sp³-hybridized carbons (Fsp3) is 0.100. The van der Waals surface area contributed by atoms with E-state index in [4.69, 9.17) is 4.74 Å². The summed E-state index contributed by atoms with van der Waals surface area (Å²) in [4.78, 5) is 27.2. The zero-order valence-electron chi connectivity index (χ0n) is 20.3. The topological polar surface area (TPSA) is 75.3 Å². The Hall–Kier alpha value is -4.54. The second-order valence-electron chi connectivity index (χ2n) is 8.57. The first-order chi connectivity index (χ1) is 18.0. The van der Waals surface area contributed by atoms with E-state index >= 15 is 0 Å². The van der Waals surface area contributed by atoms with Crippen molar-refractivity contribution in [3.05, 3.63) is 118 Å². The summed E-state index contributed by atoms with van der Waals surface area (Å²) in [5.41, 5.74) is 5.81. The zero-order chi connectivity index (χ0) is 25.9. The maximum atomic E-state index is 13.0. The number of carbonyl (C=O) groups is 2. The van der Waals surface area contributed by atoms with Crippen LogP contribution in [0.15, 0.2) is 89.8 Å². The number of anilines is 1. The monoisotopic (exact) mass is 505 g/mol. The van der Waals surface area contributed by atoms with Crippen LogP contribution in [-0.4, -0.2) is 15.7 Å². The highest BCUT2D eigenvalue weighted by Crippen LogP contribution is 2.36. The molecule has 3 aromatic carbocycles. The standard InChI is InChI=1S/C30H23N3O3S/c1-20-16-24(17-28-29(34)33(30(35)37-28)25-10-4-3-5-11-25)21(2)32(20)26-12-14-27(15-13-26)36-19-23-9-7-6-8-22(23)18-31/h3-17H,19H2,1-2H3. The van der Waals surface area contributed by atoms with Gasteiger partial charge in [0.1, 0.15) is 12.4 Å². The Balaban J connectivity index is 1.35. The molecule has 0 radical (unpaired) electrons. The van der Waals surface area contributed by atoms with Crippen LogP contribution in [0.3, 0.4) is 0 Å². The van der Waals surface area contributed by atoms with Crippen molar-refractivity contribution in [1.29, 1.82) is 5.26 Å². The number of aromatic nitrogens is 1. The van der Waals surface area contributed by atoms with Crippen LogP contribution in [0.25, 0.3) is 11.8 Å². The zero-order valence-corrected chi connectivity index (χ0v) is 21.2. The van der Waals surface area contributed by atoms with Crippen molar-refractivity contribution in [3.63, 3.8) is 0 Å². The number of ether oxygens (including phenoxy) is 1. The van der Waals surface area contributed by atoms with Crippen LogP contribution in [-0.2, 0) is 11.4 Å². The molecule has 0 spiro atoms. The highest BCUT2D eigenvalue weighted by Gasteiger charge is 2.36. The molecule has 0 saturated carbocycles. The first-order valence-corrected chi connectivity index (χ1v) is 12.5. The summed E-state index contributed by atoms with van der Waals surface area (Å²) in [6.45, 7) is 4.31. The molecular formula is C30H23N3O3S. The van der Waals surface area contributed by atoms with Crippen LogP contribution in [0.5, 0.6) is 5.75 Å². The molecule has 6 nitrogen and oxygen atoms in total. The summed E-state index contributed by atoms with van der Waals surface area (Å²) in [5, 5.41) is 8.96. The van der Waals surface area contributed by atoms with Gasteiger partial charge in [0.2, 0.25) is 0 Å². The van der Waals surface area contributed by atoms with Crippen molar-refractivity contribution in [2.24, 2.45) is 0 Å². The first kappa shape index (κ1) is 24.2. The van der Waals surface area contributed by atoms with Gasteiger partial charge in [-0.25, -0.2) is 4.90 Å². The van der Waals surface area contributed by atoms with E-state index in [0.29, 0.717) is 28.5 Å². The lowest BCUT2D eigenvalue weighted by Gasteiger charge is -2.12. The van der Waals surface area contributed by atoms with Crippen molar-refractivity contribution in [1.82, 2.24) is 4.57 Å². The summed E-state index contributed by atoms with van der Waals surface area (Å²) < 4.78 is 8.00. The average molecular weight is 506 g/mol. The van der Waals surface area contributed by atoms with Crippen LogP contribution >= 0.6 is 11.8 Å². The normalized spacial score (nSPS) is 14.3. The van der Waals surface area contributed by atoms with E-state index < -0.39 is 0 Å². The molecule has 1 saturated heterocycles. The Bertz CT molecular complexity index is 1560. The van der Waals surface area contributed by atoms with Gasteiger partial charge >= 0.3 is 0 Å². The molecule has 1 fully saturated rings. The number of rotatable bonds is 6. The number of amides is 2. The van der Waals surface area contributed by atoms with Gasteiger partial charge in [-0.15, -0.1) is 0 Å². The lowest BCUT2D eigenvalue weighted by Crippen LogP contribution is -2.27. The average Bonchev–Trinajstić information content (AvgIpc) is 3.36. The molecule has 0 aliphatic carbocycles. The molecule has 2 amide bonds. The Morgan fingerprint density at radius 2 is 1.62 bits per heavy atom. The Morgan fingerprint density at radius 3 is 2.35 bits per heavy atom. The van der Waals surface area contributed by atoms with Crippen LogP contribution in [0.2, 0.25) is 0 Å². The molecular weight excluding hydrogens is 482 g/mol. The molecule has 0 atom stereocenters. The van der Waals surface area contributed by atoms with Gasteiger partial charge in [0, 0.05) is 22.6 Å². The molecule has 0 unspecified atom stereocenters. The minimum Gasteiger partial charge on any atom is -0.489 e. The number of imide groups is 1. The van der Waals surface area contributed by atoms with E-state index in [9.17, 15) is 14.9 Å². The van der Waals surface area contributed by atoms with E-state index in [0.717, 1.165) is 40.0 Å². The van der Waals surface area contributed by atoms with Gasteiger partial charge in [-0.2, -0.15) is 5.26 Å². The van der Waals surface area contributed by atoms with Crippen LogP contribution in [0.4, 0.5) is 10.5 Å². The largest absolute Gasteiger partial charge is 0.489 e. The van der Waals surface area contributed by atoms with Crippen molar-refractivity contribution in [2.75, 3.05) is 4.90 Å².